The number of ketones is 3. The van der Waals surface area contributed by atoms with Crippen LogP contribution in [0, 0.1) is 45.3 Å². The van der Waals surface area contributed by atoms with E-state index in [4.69, 9.17) is 0 Å². The first-order chi connectivity index (χ1) is 21.6. The molecular formula is C39H64N2O5. The second-order valence-corrected chi connectivity index (χ2v) is 17.9. The zero-order chi connectivity index (χ0) is 33.7. The van der Waals surface area contributed by atoms with Crippen molar-refractivity contribution >= 4 is 23.3 Å². The molecule has 5 fully saturated rings. The molecule has 7 nitrogen and oxygen atoms in total. The lowest BCUT2D eigenvalue weighted by Crippen LogP contribution is -2.50. The van der Waals surface area contributed by atoms with Crippen molar-refractivity contribution in [3.8, 4) is 0 Å². The van der Waals surface area contributed by atoms with E-state index in [-0.39, 0.29) is 58.4 Å². The first kappa shape index (κ1) is 35.7. The van der Waals surface area contributed by atoms with E-state index in [0.29, 0.717) is 37.6 Å². The SMILES string of the molecule is CCCC(CC(=O)[C@@H]1C[C@@]2(CN1C(=O)[C@@H](CC(=O)[C@@H](NC)C1CCCCC1)C(C)(C)C)C(C)(C)C21CCC1)C(O)C(=O)CC1CC1. The number of fused-ring (bicyclic) bond motifs is 1. The van der Waals surface area contributed by atoms with Gasteiger partial charge >= 0.3 is 0 Å². The highest BCUT2D eigenvalue weighted by Gasteiger charge is 2.85. The molecule has 1 saturated heterocycles. The number of likely N-dealkylation sites (tertiary alicyclic amines) is 1. The van der Waals surface area contributed by atoms with E-state index >= 15 is 0 Å². The Labute approximate surface area is 278 Å². The summed E-state index contributed by atoms with van der Waals surface area (Å²) in [5, 5.41) is 14.4. The summed E-state index contributed by atoms with van der Waals surface area (Å²) >= 11 is 0. The van der Waals surface area contributed by atoms with Crippen molar-refractivity contribution in [1.29, 1.82) is 0 Å². The number of rotatable bonds is 15. The quantitative estimate of drug-likeness (QED) is 0.207. The van der Waals surface area contributed by atoms with E-state index in [2.05, 4.69) is 19.2 Å². The van der Waals surface area contributed by atoms with Gasteiger partial charge in [-0.1, -0.05) is 73.6 Å². The molecule has 6 atom stereocenters. The van der Waals surface area contributed by atoms with E-state index in [1.54, 1.807) is 0 Å². The van der Waals surface area contributed by atoms with E-state index in [0.717, 1.165) is 57.8 Å². The summed E-state index contributed by atoms with van der Waals surface area (Å²) < 4.78 is 0. The van der Waals surface area contributed by atoms with Crippen molar-refractivity contribution in [2.24, 2.45) is 45.3 Å². The second kappa shape index (κ2) is 13.4. The lowest BCUT2D eigenvalue weighted by Gasteiger charge is -2.37. The smallest absolute Gasteiger partial charge is 0.227 e. The molecular weight excluding hydrogens is 576 g/mol. The zero-order valence-electron chi connectivity index (χ0n) is 30.1. The predicted octanol–water partition coefficient (Wildman–Crippen LogP) is 6.68. The summed E-state index contributed by atoms with van der Waals surface area (Å²) in [4.78, 5) is 58.0. The first-order valence-corrected chi connectivity index (χ1v) is 18.9. The largest absolute Gasteiger partial charge is 0.385 e. The first-order valence-electron chi connectivity index (χ1n) is 18.9. The Balaban J connectivity index is 1.39. The minimum absolute atomic E-state index is 0.0200. The molecule has 1 amide bonds. The molecule has 2 N–H and O–H groups in total. The van der Waals surface area contributed by atoms with Gasteiger partial charge in [0.05, 0.1) is 12.1 Å². The summed E-state index contributed by atoms with van der Waals surface area (Å²) in [5.74, 6) is -0.363. The van der Waals surface area contributed by atoms with Crippen molar-refractivity contribution in [3.63, 3.8) is 0 Å². The van der Waals surface area contributed by atoms with Gasteiger partial charge in [0.1, 0.15) is 6.10 Å². The number of nitrogens with one attached hydrogen (secondary N) is 1. The molecule has 4 saturated carbocycles. The average Bonchev–Trinajstić information content (AvgIpc) is 3.80. The van der Waals surface area contributed by atoms with Crippen LogP contribution in [0.5, 0.6) is 0 Å². The number of aliphatic hydroxyl groups excluding tert-OH is 1. The molecule has 1 aliphatic heterocycles. The molecule has 46 heavy (non-hydrogen) atoms. The van der Waals surface area contributed by atoms with Crippen LogP contribution in [0.1, 0.15) is 144 Å². The Kier molecular flexibility index (Phi) is 10.4. The Morgan fingerprint density at radius 2 is 1.57 bits per heavy atom. The molecule has 1 heterocycles. The van der Waals surface area contributed by atoms with Crippen LogP contribution < -0.4 is 5.32 Å². The van der Waals surface area contributed by atoms with Gasteiger partial charge in [-0.05, 0) is 92.4 Å². The molecule has 0 aromatic carbocycles. The Bertz CT molecular complexity index is 1160. The number of hydrogen-bond donors (Lipinski definition) is 2. The number of Topliss-reactive ketones (excluding diaryl/α,β-unsaturated/α-hetero) is 3. The van der Waals surface area contributed by atoms with Crippen molar-refractivity contribution in [2.45, 2.75) is 162 Å². The van der Waals surface area contributed by atoms with Gasteiger partial charge in [-0.3, -0.25) is 19.2 Å². The topological polar surface area (TPSA) is 104 Å². The summed E-state index contributed by atoms with van der Waals surface area (Å²) in [5.41, 5.74) is -0.345. The van der Waals surface area contributed by atoms with E-state index in [1.807, 2.05) is 39.6 Å². The van der Waals surface area contributed by atoms with Gasteiger partial charge in [-0.2, -0.15) is 0 Å². The van der Waals surface area contributed by atoms with Gasteiger partial charge in [0.15, 0.2) is 17.3 Å². The molecule has 5 aliphatic rings. The zero-order valence-corrected chi connectivity index (χ0v) is 30.1. The van der Waals surface area contributed by atoms with Crippen molar-refractivity contribution in [1.82, 2.24) is 10.2 Å². The molecule has 0 radical (unpaired) electrons. The van der Waals surface area contributed by atoms with Crippen LogP contribution in [-0.2, 0) is 19.2 Å². The highest BCUT2D eigenvalue weighted by molar-refractivity contribution is 5.95. The highest BCUT2D eigenvalue weighted by atomic mass is 16.3. The summed E-state index contributed by atoms with van der Waals surface area (Å²) in [6.45, 7) is 13.4. The third kappa shape index (κ3) is 6.30. The van der Waals surface area contributed by atoms with Crippen LogP contribution in [0.3, 0.4) is 0 Å². The number of aliphatic hydroxyl groups is 1. The lowest BCUT2D eigenvalue weighted by molar-refractivity contribution is -0.147. The summed E-state index contributed by atoms with van der Waals surface area (Å²) in [7, 11) is 1.87. The van der Waals surface area contributed by atoms with E-state index < -0.39 is 29.4 Å². The van der Waals surface area contributed by atoms with Gasteiger partial charge in [0.25, 0.3) is 0 Å². The third-order valence-electron chi connectivity index (χ3n) is 14.1. The fraction of sp³-hybridized carbons (Fsp3) is 0.897. The van der Waals surface area contributed by atoms with Crippen LogP contribution in [0.15, 0.2) is 0 Å². The van der Waals surface area contributed by atoms with Gasteiger partial charge in [0.2, 0.25) is 5.91 Å². The fourth-order valence-electron chi connectivity index (χ4n) is 10.7. The number of carbonyl (C=O) groups is 4. The molecule has 0 aromatic rings. The number of hydrogen-bond acceptors (Lipinski definition) is 6. The number of nitrogens with zero attached hydrogens (tertiary/aromatic N) is 1. The number of likely N-dealkylation sites (N-methyl/N-ethyl adjacent to an activating group) is 1. The predicted molar refractivity (Wildman–Crippen MR) is 181 cm³/mol. The highest BCUT2D eigenvalue weighted by Crippen LogP contribution is 2.88. The van der Waals surface area contributed by atoms with Crippen LogP contribution in [0.4, 0.5) is 0 Å². The maximum absolute atomic E-state index is 14.9. The normalized spacial score (nSPS) is 29.7. The summed E-state index contributed by atoms with van der Waals surface area (Å²) in [6.07, 6.45) is 12.8. The number of carbonyl (C=O) groups excluding carboxylic acids is 4. The third-order valence-corrected chi connectivity index (χ3v) is 14.1. The van der Waals surface area contributed by atoms with Gasteiger partial charge in [-0.15, -0.1) is 0 Å². The molecule has 2 spiro atoms. The molecule has 260 valence electrons. The van der Waals surface area contributed by atoms with Gasteiger partial charge < -0.3 is 15.3 Å². The van der Waals surface area contributed by atoms with Crippen molar-refractivity contribution in [3.05, 3.63) is 0 Å². The lowest BCUT2D eigenvalue weighted by atomic mass is 9.73. The standard InChI is InChI=1S/C39H64N2O5/c1-8-13-27(34(45)32(44)20-25-16-17-25)21-30(42)29-23-39(37(5,6)38(39)18-12-19-38)24-41(29)35(46)28(36(2,3)4)22-31(43)33(40-7)26-14-10-9-11-15-26/h25-29,33-34,40,45H,8-24H2,1-7H3/t27?,28-,29+,33+,34?,39-/m1/s1. The fourth-order valence-corrected chi connectivity index (χ4v) is 10.7. The summed E-state index contributed by atoms with van der Waals surface area (Å²) in [6, 6.07) is -0.819. The molecule has 2 unspecified atom stereocenters. The maximum atomic E-state index is 14.9. The molecule has 5 rings (SSSR count). The maximum Gasteiger partial charge on any atom is 0.227 e. The van der Waals surface area contributed by atoms with Crippen LogP contribution in [-0.4, -0.2) is 65.0 Å². The van der Waals surface area contributed by atoms with Crippen molar-refractivity contribution < 1.29 is 24.3 Å². The molecule has 4 aliphatic carbocycles. The van der Waals surface area contributed by atoms with Crippen LogP contribution in [0.2, 0.25) is 0 Å². The molecule has 0 bridgehead atoms. The Morgan fingerprint density at radius 3 is 2.07 bits per heavy atom. The van der Waals surface area contributed by atoms with E-state index in [1.165, 1.54) is 12.8 Å². The van der Waals surface area contributed by atoms with E-state index in [9.17, 15) is 24.3 Å². The number of amides is 1. The molecule has 7 heteroatoms. The van der Waals surface area contributed by atoms with Crippen molar-refractivity contribution in [2.75, 3.05) is 13.6 Å². The minimum Gasteiger partial charge on any atom is -0.385 e. The minimum atomic E-state index is -1.13. The van der Waals surface area contributed by atoms with Gasteiger partial charge in [-0.25, -0.2) is 0 Å². The Morgan fingerprint density at radius 1 is 0.913 bits per heavy atom. The second-order valence-electron chi connectivity index (χ2n) is 17.9. The monoisotopic (exact) mass is 640 g/mol. The van der Waals surface area contributed by atoms with Crippen LogP contribution >= 0.6 is 0 Å². The van der Waals surface area contributed by atoms with Crippen LogP contribution in [0.25, 0.3) is 0 Å². The average molecular weight is 641 g/mol. The Hall–Kier alpha value is -1.60. The van der Waals surface area contributed by atoms with Gasteiger partial charge in [0, 0.05) is 37.1 Å². The molecule has 0 aromatic heterocycles.